The van der Waals surface area contributed by atoms with Gasteiger partial charge in [0, 0.05) is 56.2 Å². The molecule has 1 fully saturated rings. The molecule has 1 aromatic heterocycles. The second-order valence-electron chi connectivity index (χ2n) is 9.83. The van der Waals surface area contributed by atoms with Crippen molar-refractivity contribution in [2.75, 3.05) is 54.9 Å². The number of rotatable bonds is 3. The van der Waals surface area contributed by atoms with Crippen LogP contribution in [0.5, 0.6) is 0 Å². The van der Waals surface area contributed by atoms with Crippen LogP contribution in [0.3, 0.4) is 0 Å². The van der Waals surface area contributed by atoms with Gasteiger partial charge in [0.25, 0.3) is 0 Å². The summed E-state index contributed by atoms with van der Waals surface area (Å²) in [5.74, 6) is 0. The molecule has 182 valence electrons. The molecular formula is C30H31N5O. The number of piperazine rings is 1. The number of hydrogen-bond donors (Lipinski definition) is 1. The molecule has 36 heavy (non-hydrogen) atoms. The zero-order valence-corrected chi connectivity index (χ0v) is 20.9. The highest BCUT2D eigenvalue weighted by Gasteiger charge is 2.28. The number of amides is 2. The molecule has 1 N–H and O–H groups in total. The lowest BCUT2D eigenvalue weighted by Crippen LogP contribution is -2.44. The smallest absolute Gasteiger partial charge is 0.326 e. The van der Waals surface area contributed by atoms with E-state index in [0.29, 0.717) is 6.54 Å². The summed E-state index contributed by atoms with van der Waals surface area (Å²) in [4.78, 5) is 24.4. The maximum atomic E-state index is 13.6. The number of pyridine rings is 1. The summed E-state index contributed by atoms with van der Waals surface area (Å²) in [5.41, 5.74) is 7.88. The van der Waals surface area contributed by atoms with Crippen molar-refractivity contribution in [3.63, 3.8) is 0 Å². The van der Waals surface area contributed by atoms with E-state index in [1.54, 1.807) is 0 Å². The van der Waals surface area contributed by atoms with Crippen molar-refractivity contribution in [3.05, 3.63) is 84.2 Å². The monoisotopic (exact) mass is 477 g/mol. The number of nitrogens with one attached hydrogen (secondary N) is 1. The number of hydrogen-bond acceptors (Lipinski definition) is 4. The number of anilines is 3. The zero-order chi connectivity index (χ0) is 24.6. The van der Waals surface area contributed by atoms with Gasteiger partial charge in [-0.2, -0.15) is 0 Å². The van der Waals surface area contributed by atoms with Crippen molar-refractivity contribution in [1.29, 1.82) is 0 Å². The van der Waals surface area contributed by atoms with Crippen molar-refractivity contribution >= 4 is 33.9 Å². The first kappa shape index (κ1) is 22.6. The van der Waals surface area contributed by atoms with Gasteiger partial charge in [-0.1, -0.05) is 36.4 Å². The molecule has 2 aliphatic heterocycles. The van der Waals surface area contributed by atoms with Gasteiger partial charge in [-0.05, 0) is 72.3 Å². The fourth-order valence-electron chi connectivity index (χ4n) is 5.52. The Morgan fingerprint density at radius 2 is 1.61 bits per heavy atom. The highest BCUT2D eigenvalue weighted by molar-refractivity contribution is 6.11. The molecule has 3 heterocycles. The van der Waals surface area contributed by atoms with E-state index in [-0.39, 0.29) is 6.03 Å². The average molecular weight is 478 g/mol. The molecule has 0 unspecified atom stereocenters. The Bertz CT molecular complexity index is 1430. The average Bonchev–Trinajstić information content (AvgIpc) is 3.32. The maximum absolute atomic E-state index is 13.6. The van der Waals surface area contributed by atoms with E-state index < -0.39 is 0 Å². The first-order valence-electron chi connectivity index (χ1n) is 12.7. The zero-order valence-electron chi connectivity index (χ0n) is 20.9. The van der Waals surface area contributed by atoms with Crippen molar-refractivity contribution in [2.24, 2.45) is 0 Å². The highest BCUT2D eigenvalue weighted by atomic mass is 16.2. The molecule has 4 aromatic rings. The lowest BCUT2D eigenvalue weighted by Gasteiger charge is -2.35. The molecule has 0 atom stereocenters. The van der Waals surface area contributed by atoms with Crippen LogP contribution < -0.4 is 15.1 Å². The van der Waals surface area contributed by atoms with Crippen LogP contribution in [0.15, 0.2) is 73.1 Å². The number of nitrogens with zero attached hydrogens (tertiary/aromatic N) is 4. The topological polar surface area (TPSA) is 51.7 Å². The Kier molecular flexibility index (Phi) is 5.82. The molecule has 0 spiro atoms. The third kappa shape index (κ3) is 4.07. The second-order valence-corrected chi connectivity index (χ2v) is 9.83. The molecule has 3 aromatic carbocycles. The van der Waals surface area contributed by atoms with Crippen LogP contribution in [0.2, 0.25) is 0 Å². The molecular weight excluding hydrogens is 446 g/mol. The number of likely N-dealkylation sites (N-methyl/N-ethyl adjacent to an activating group) is 1. The van der Waals surface area contributed by atoms with E-state index in [2.05, 4.69) is 64.4 Å². The summed E-state index contributed by atoms with van der Waals surface area (Å²) in [6.45, 7) is 7.02. The van der Waals surface area contributed by atoms with E-state index in [1.807, 2.05) is 47.6 Å². The van der Waals surface area contributed by atoms with Gasteiger partial charge >= 0.3 is 6.03 Å². The molecule has 1 saturated heterocycles. The Labute approximate surface area is 212 Å². The van der Waals surface area contributed by atoms with Crippen LogP contribution in [0.25, 0.3) is 21.9 Å². The molecule has 6 nitrogen and oxygen atoms in total. The van der Waals surface area contributed by atoms with E-state index in [1.165, 1.54) is 16.8 Å². The van der Waals surface area contributed by atoms with E-state index in [9.17, 15) is 4.79 Å². The molecule has 0 bridgehead atoms. The predicted octanol–water partition coefficient (Wildman–Crippen LogP) is 5.56. The van der Waals surface area contributed by atoms with Gasteiger partial charge in [-0.15, -0.1) is 0 Å². The Hall–Kier alpha value is -3.90. The number of aryl methyl sites for hydroxylation is 1. The van der Waals surface area contributed by atoms with Crippen molar-refractivity contribution in [3.8, 4) is 11.1 Å². The van der Waals surface area contributed by atoms with E-state index >= 15 is 0 Å². The largest absolute Gasteiger partial charge is 0.369 e. The van der Waals surface area contributed by atoms with Gasteiger partial charge < -0.3 is 15.1 Å². The lowest BCUT2D eigenvalue weighted by molar-refractivity contribution is 0.257. The SMILES string of the molecule is Cc1cc2c(cc1N1CCN(C)CC1)N(C(=O)Nc1ccc(-c3ccncc3)c3ccccc13)CC2. The van der Waals surface area contributed by atoms with Gasteiger partial charge in [0.2, 0.25) is 0 Å². The Morgan fingerprint density at radius 1 is 0.861 bits per heavy atom. The minimum Gasteiger partial charge on any atom is -0.369 e. The summed E-state index contributed by atoms with van der Waals surface area (Å²) in [5, 5.41) is 5.36. The van der Waals surface area contributed by atoms with Gasteiger partial charge in [-0.25, -0.2) is 4.79 Å². The molecule has 0 radical (unpaired) electrons. The van der Waals surface area contributed by atoms with Crippen molar-refractivity contribution in [1.82, 2.24) is 9.88 Å². The molecule has 0 aliphatic carbocycles. The minimum atomic E-state index is -0.0799. The lowest BCUT2D eigenvalue weighted by atomic mass is 9.98. The maximum Gasteiger partial charge on any atom is 0.326 e. The first-order valence-corrected chi connectivity index (χ1v) is 12.7. The molecule has 6 rings (SSSR count). The Balaban J connectivity index is 1.30. The fourth-order valence-corrected chi connectivity index (χ4v) is 5.52. The summed E-state index contributed by atoms with van der Waals surface area (Å²) >= 11 is 0. The van der Waals surface area contributed by atoms with Crippen LogP contribution in [0.4, 0.5) is 21.9 Å². The molecule has 2 amide bonds. The third-order valence-electron chi connectivity index (χ3n) is 7.54. The number of aromatic nitrogens is 1. The number of carbonyl (C=O) groups is 1. The normalized spacial score (nSPS) is 15.8. The molecule has 6 heteroatoms. The van der Waals surface area contributed by atoms with Crippen LogP contribution in [-0.2, 0) is 6.42 Å². The number of benzene rings is 3. The number of carbonyl (C=O) groups excluding carboxylic acids is 1. The van der Waals surface area contributed by atoms with Crippen molar-refractivity contribution in [2.45, 2.75) is 13.3 Å². The predicted molar refractivity (Wildman–Crippen MR) is 148 cm³/mol. The van der Waals surface area contributed by atoms with Crippen LogP contribution in [-0.4, -0.2) is 55.7 Å². The summed E-state index contributed by atoms with van der Waals surface area (Å²) in [6, 6.07) is 20.8. The molecule has 0 saturated carbocycles. The Morgan fingerprint density at radius 3 is 2.39 bits per heavy atom. The highest BCUT2D eigenvalue weighted by Crippen LogP contribution is 2.37. The van der Waals surface area contributed by atoms with Crippen molar-refractivity contribution < 1.29 is 4.79 Å². The summed E-state index contributed by atoms with van der Waals surface area (Å²) < 4.78 is 0. The number of fused-ring (bicyclic) bond motifs is 2. The summed E-state index contributed by atoms with van der Waals surface area (Å²) in [6.07, 6.45) is 4.50. The van der Waals surface area contributed by atoms with Gasteiger partial charge in [0.15, 0.2) is 0 Å². The van der Waals surface area contributed by atoms with Gasteiger partial charge in [0.1, 0.15) is 0 Å². The second kappa shape index (κ2) is 9.28. The first-order chi connectivity index (χ1) is 17.6. The summed E-state index contributed by atoms with van der Waals surface area (Å²) in [7, 11) is 2.17. The van der Waals surface area contributed by atoms with Gasteiger partial charge in [0.05, 0.1) is 11.4 Å². The molecule has 2 aliphatic rings. The van der Waals surface area contributed by atoms with E-state index in [4.69, 9.17) is 0 Å². The third-order valence-corrected chi connectivity index (χ3v) is 7.54. The van der Waals surface area contributed by atoms with Crippen LogP contribution >= 0.6 is 0 Å². The quantitative estimate of drug-likeness (QED) is 0.420. The minimum absolute atomic E-state index is 0.0799. The van der Waals surface area contributed by atoms with Crippen LogP contribution in [0, 0.1) is 6.92 Å². The fraction of sp³-hybridized carbons (Fsp3) is 0.267. The van der Waals surface area contributed by atoms with Crippen LogP contribution in [0.1, 0.15) is 11.1 Å². The van der Waals surface area contributed by atoms with Gasteiger partial charge in [-0.3, -0.25) is 9.88 Å². The van der Waals surface area contributed by atoms with E-state index in [0.717, 1.165) is 65.9 Å². The number of urea groups is 1. The standard InChI is InChI=1S/C30H31N5O/c1-21-19-23-11-14-35(29(23)20-28(21)34-17-15-33(2)16-18-34)30(36)32-27-8-7-24(22-9-12-31-13-10-22)25-5-3-4-6-26(25)27/h3-10,12-13,19-20H,11,14-18H2,1-2H3,(H,32,36).